The van der Waals surface area contributed by atoms with Crippen LogP contribution in [0.3, 0.4) is 0 Å². The summed E-state index contributed by atoms with van der Waals surface area (Å²) < 4.78 is 0. The summed E-state index contributed by atoms with van der Waals surface area (Å²) in [7, 11) is 0. The van der Waals surface area contributed by atoms with Crippen LogP contribution >= 0.6 is 0 Å². The van der Waals surface area contributed by atoms with Gasteiger partial charge >= 0.3 is 0 Å². The molecule has 0 rings (SSSR count). The molecule has 0 aromatic heterocycles. The largest absolute Gasteiger partial charge is 0.0991 e. The molecule has 0 saturated carbocycles. The molecule has 0 saturated heterocycles. The van der Waals surface area contributed by atoms with Crippen LogP contribution in [0.15, 0.2) is 37.0 Å². The lowest BCUT2D eigenvalue weighted by Crippen LogP contribution is -1.83. The van der Waals surface area contributed by atoms with E-state index in [4.69, 9.17) is 0 Å². The number of hydrogen-bond acceptors (Lipinski definition) is 0. The van der Waals surface area contributed by atoms with E-state index >= 15 is 0 Å². The molecule has 0 N–H and O–H groups in total. The summed E-state index contributed by atoms with van der Waals surface area (Å²) in [6.45, 7) is 8.07. The maximum atomic E-state index is 3.59. The van der Waals surface area contributed by atoms with Crippen LogP contribution in [0.4, 0.5) is 0 Å². The zero-order chi connectivity index (χ0) is 8.53. The molecule has 0 aromatic rings. The minimum absolute atomic E-state index is 0.808. The average Bonchev–Trinajstić information content (AvgIpc) is 1.96. The Bertz CT molecular complexity index is 138. The van der Waals surface area contributed by atoms with Crippen LogP contribution in [0.25, 0.3) is 0 Å². The van der Waals surface area contributed by atoms with Gasteiger partial charge in [-0.3, -0.25) is 0 Å². The van der Waals surface area contributed by atoms with E-state index in [1.807, 2.05) is 12.2 Å². The Kier molecular flexibility index (Phi) is 6.81. The predicted molar refractivity (Wildman–Crippen MR) is 52.5 cm³/mol. The third kappa shape index (κ3) is 9.22. The lowest BCUT2D eigenvalue weighted by atomic mass is 10.1. The van der Waals surface area contributed by atoms with Gasteiger partial charge in [0.15, 0.2) is 0 Å². The van der Waals surface area contributed by atoms with Crippen molar-refractivity contribution in [2.75, 3.05) is 0 Å². The van der Waals surface area contributed by atoms with Crippen molar-refractivity contribution < 1.29 is 0 Å². The molecule has 0 aliphatic rings. The standard InChI is InChI=1S/C11H18/c1-4-5-6-7-8-9-10-11(2)3/h4-8,11H,1,9-10H2,2-3H3/b6-5-,8-7-. The molecule has 0 aliphatic heterocycles. The van der Waals surface area contributed by atoms with E-state index in [1.165, 1.54) is 12.8 Å². The minimum Gasteiger partial charge on any atom is -0.0991 e. The third-order valence-corrected chi connectivity index (χ3v) is 1.41. The molecule has 11 heavy (non-hydrogen) atoms. The summed E-state index contributed by atoms with van der Waals surface area (Å²) in [4.78, 5) is 0. The van der Waals surface area contributed by atoms with E-state index in [9.17, 15) is 0 Å². The first-order valence-corrected chi connectivity index (χ1v) is 4.21. The Morgan fingerprint density at radius 2 is 1.91 bits per heavy atom. The van der Waals surface area contributed by atoms with Gasteiger partial charge in [0.05, 0.1) is 0 Å². The molecule has 0 unspecified atom stereocenters. The van der Waals surface area contributed by atoms with E-state index in [1.54, 1.807) is 6.08 Å². The van der Waals surface area contributed by atoms with E-state index in [0.717, 1.165) is 5.92 Å². The summed E-state index contributed by atoms with van der Waals surface area (Å²) >= 11 is 0. The monoisotopic (exact) mass is 150 g/mol. The van der Waals surface area contributed by atoms with Crippen molar-refractivity contribution >= 4 is 0 Å². The molecule has 0 bridgehead atoms. The Balaban J connectivity index is 3.30. The van der Waals surface area contributed by atoms with Gasteiger partial charge in [0.1, 0.15) is 0 Å². The Morgan fingerprint density at radius 1 is 1.18 bits per heavy atom. The van der Waals surface area contributed by atoms with Gasteiger partial charge in [-0.15, -0.1) is 0 Å². The first-order valence-electron chi connectivity index (χ1n) is 4.21. The SMILES string of the molecule is C=C/C=C\C=C/CCC(C)C. The molecule has 0 heterocycles. The molecule has 0 atom stereocenters. The first-order chi connectivity index (χ1) is 5.27. The first kappa shape index (κ1) is 10.2. The normalized spacial score (nSPS) is 11.9. The molecule has 0 aromatic carbocycles. The molecule has 0 spiro atoms. The fourth-order valence-corrected chi connectivity index (χ4v) is 0.747. The van der Waals surface area contributed by atoms with Gasteiger partial charge in [0, 0.05) is 0 Å². The van der Waals surface area contributed by atoms with Crippen LogP contribution in [-0.4, -0.2) is 0 Å². The highest BCUT2D eigenvalue weighted by atomic mass is 13.9. The lowest BCUT2D eigenvalue weighted by Gasteiger charge is -1.97. The number of hydrogen-bond donors (Lipinski definition) is 0. The fourth-order valence-electron chi connectivity index (χ4n) is 0.747. The summed E-state index contributed by atoms with van der Waals surface area (Å²) in [6.07, 6.45) is 12.5. The van der Waals surface area contributed by atoms with Gasteiger partial charge in [-0.05, 0) is 18.8 Å². The number of allylic oxidation sites excluding steroid dienone is 5. The highest BCUT2D eigenvalue weighted by molar-refractivity contribution is 5.08. The van der Waals surface area contributed by atoms with Crippen molar-refractivity contribution in [1.82, 2.24) is 0 Å². The molecule has 0 amide bonds. The van der Waals surface area contributed by atoms with Crippen molar-refractivity contribution in [3.8, 4) is 0 Å². The molecular formula is C11H18. The van der Waals surface area contributed by atoms with E-state index in [0.29, 0.717) is 0 Å². The zero-order valence-electron chi connectivity index (χ0n) is 7.59. The van der Waals surface area contributed by atoms with Gasteiger partial charge in [0.25, 0.3) is 0 Å². The van der Waals surface area contributed by atoms with E-state index in [-0.39, 0.29) is 0 Å². The molecule has 0 radical (unpaired) electrons. The van der Waals surface area contributed by atoms with Crippen molar-refractivity contribution in [2.45, 2.75) is 26.7 Å². The third-order valence-electron chi connectivity index (χ3n) is 1.41. The molecular weight excluding hydrogens is 132 g/mol. The van der Waals surface area contributed by atoms with Crippen molar-refractivity contribution in [3.05, 3.63) is 37.0 Å². The highest BCUT2D eigenvalue weighted by Gasteiger charge is 1.88. The van der Waals surface area contributed by atoms with E-state index < -0.39 is 0 Å². The highest BCUT2D eigenvalue weighted by Crippen LogP contribution is 2.03. The van der Waals surface area contributed by atoms with Gasteiger partial charge in [-0.25, -0.2) is 0 Å². The van der Waals surface area contributed by atoms with Crippen LogP contribution in [0.1, 0.15) is 26.7 Å². The quantitative estimate of drug-likeness (QED) is 0.524. The van der Waals surface area contributed by atoms with Crippen LogP contribution in [0.2, 0.25) is 0 Å². The van der Waals surface area contributed by atoms with Gasteiger partial charge in [-0.2, -0.15) is 0 Å². The fraction of sp³-hybridized carbons (Fsp3) is 0.455. The predicted octanol–water partition coefficient (Wildman–Crippen LogP) is 3.72. The lowest BCUT2D eigenvalue weighted by molar-refractivity contribution is 0.594. The average molecular weight is 150 g/mol. The second kappa shape index (κ2) is 7.33. The molecule has 0 heteroatoms. The topological polar surface area (TPSA) is 0 Å². The van der Waals surface area contributed by atoms with Crippen molar-refractivity contribution in [1.29, 1.82) is 0 Å². The Labute approximate surface area is 70.3 Å². The molecule has 0 nitrogen and oxygen atoms in total. The van der Waals surface area contributed by atoms with Crippen molar-refractivity contribution in [3.63, 3.8) is 0 Å². The number of rotatable bonds is 5. The van der Waals surface area contributed by atoms with Crippen LogP contribution < -0.4 is 0 Å². The summed E-state index contributed by atoms with van der Waals surface area (Å²) in [6, 6.07) is 0. The second-order valence-electron chi connectivity index (χ2n) is 3.02. The second-order valence-corrected chi connectivity index (χ2v) is 3.02. The van der Waals surface area contributed by atoms with Gasteiger partial charge < -0.3 is 0 Å². The van der Waals surface area contributed by atoms with Gasteiger partial charge in [-0.1, -0.05) is 50.8 Å². The van der Waals surface area contributed by atoms with Crippen LogP contribution in [0, 0.1) is 5.92 Å². The molecule has 0 aliphatic carbocycles. The minimum atomic E-state index is 0.808. The Hall–Kier alpha value is -0.780. The maximum absolute atomic E-state index is 3.59. The van der Waals surface area contributed by atoms with Crippen LogP contribution in [0.5, 0.6) is 0 Å². The molecule has 62 valence electrons. The van der Waals surface area contributed by atoms with Crippen LogP contribution in [-0.2, 0) is 0 Å². The van der Waals surface area contributed by atoms with E-state index in [2.05, 4.69) is 32.6 Å². The van der Waals surface area contributed by atoms with Gasteiger partial charge in [0.2, 0.25) is 0 Å². The maximum Gasteiger partial charge on any atom is -0.0345 e. The summed E-state index contributed by atoms with van der Waals surface area (Å²) in [5.74, 6) is 0.808. The molecule has 0 fully saturated rings. The zero-order valence-corrected chi connectivity index (χ0v) is 7.59. The van der Waals surface area contributed by atoms with Crippen molar-refractivity contribution in [2.24, 2.45) is 5.92 Å². The summed E-state index contributed by atoms with van der Waals surface area (Å²) in [5.41, 5.74) is 0. The smallest absolute Gasteiger partial charge is 0.0345 e. The Morgan fingerprint density at radius 3 is 2.45 bits per heavy atom. The summed E-state index contributed by atoms with van der Waals surface area (Å²) in [5, 5.41) is 0.